The molecule has 17 heavy (non-hydrogen) atoms. The molecular weight excluding hydrogens is 222 g/mol. The topological polar surface area (TPSA) is 56.8 Å². The van der Waals surface area contributed by atoms with Gasteiger partial charge in [0, 0.05) is 6.54 Å². The number of hydrogen-bond acceptors (Lipinski definition) is 5. The van der Waals surface area contributed by atoms with Crippen LogP contribution in [0.1, 0.15) is 34.1 Å². The molecule has 0 aliphatic heterocycles. The molecule has 0 heterocycles. The van der Waals surface area contributed by atoms with Crippen LogP contribution in [0.3, 0.4) is 0 Å². The van der Waals surface area contributed by atoms with Gasteiger partial charge in [0.1, 0.15) is 12.2 Å². The highest BCUT2D eigenvalue weighted by Gasteiger charge is 2.16. The van der Waals surface area contributed by atoms with Crippen molar-refractivity contribution in [2.45, 2.75) is 39.7 Å². The van der Waals surface area contributed by atoms with Crippen LogP contribution in [0.15, 0.2) is 0 Å². The molecule has 0 aromatic heterocycles. The Kier molecular flexibility index (Phi) is 8.80. The minimum atomic E-state index is -0.648. The van der Waals surface area contributed by atoms with Crippen LogP contribution in [0.2, 0.25) is 0 Å². The van der Waals surface area contributed by atoms with E-state index in [0.717, 1.165) is 19.5 Å². The van der Waals surface area contributed by atoms with E-state index in [-0.39, 0.29) is 6.61 Å². The normalized spacial score (nSPS) is 11.3. The van der Waals surface area contributed by atoms with Gasteiger partial charge in [0.05, 0.1) is 13.2 Å². The van der Waals surface area contributed by atoms with Crippen LogP contribution < -0.4 is 5.32 Å². The lowest BCUT2D eigenvalue weighted by atomic mass is 10.2. The van der Waals surface area contributed by atoms with Crippen molar-refractivity contribution in [2.75, 3.05) is 32.9 Å². The van der Waals surface area contributed by atoms with Gasteiger partial charge in [-0.05, 0) is 33.7 Å². The SMILES string of the molecule is CCCNCCOCCOC(=O)OC(C)(C)C. The van der Waals surface area contributed by atoms with Crippen LogP contribution in [-0.4, -0.2) is 44.7 Å². The van der Waals surface area contributed by atoms with Gasteiger partial charge in [0.15, 0.2) is 0 Å². The second kappa shape index (κ2) is 9.24. The fraction of sp³-hybridized carbons (Fsp3) is 0.917. The quantitative estimate of drug-likeness (QED) is 0.525. The average Bonchev–Trinajstić information content (AvgIpc) is 2.19. The molecule has 0 rings (SSSR count). The summed E-state index contributed by atoms with van der Waals surface area (Å²) in [5.74, 6) is 0. The summed E-state index contributed by atoms with van der Waals surface area (Å²) in [5, 5.41) is 3.21. The van der Waals surface area contributed by atoms with E-state index in [0.29, 0.717) is 13.2 Å². The predicted molar refractivity (Wildman–Crippen MR) is 66.2 cm³/mol. The van der Waals surface area contributed by atoms with E-state index in [1.807, 2.05) is 0 Å². The molecule has 102 valence electrons. The molecule has 0 saturated heterocycles. The number of nitrogens with one attached hydrogen (secondary N) is 1. The molecule has 0 amide bonds. The number of hydrogen-bond donors (Lipinski definition) is 1. The monoisotopic (exact) mass is 247 g/mol. The van der Waals surface area contributed by atoms with Crippen LogP contribution in [-0.2, 0) is 14.2 Å². The Hall–Kier alpha value is -0.810. The maximum Gasteiger partial charge on any atom is 0.508 e. The first-order valence-corrected chi connectivity index (χ1v) is 6.10. The Morgan fingerprint density at radius 2 is 1.82 bits per heavy atom. The van der Waals surface area contributed by atoms with E-state index >= 15 is 0 Å². The van der Waals surface area contributed by atoms with Gasteiger partial charge in [-0.3, -0.25) is 0 Å². The van der Waals surface area contributed by atoms with Crippen LogP contribution >= 0.6 is 0 Å². The lowest BCUT2D eigenvalue weighted by molar-refractivity contribution is -0.0185. The fourth-order valence-electron chi connectivity index (χ4n) is 1.01. The van der Waals surface area contributed by atoms with Gasteiger partial charge in [-0.1, -0.05) is 6.92 Å². The van der Waals surface area contributed by atoms with Crippen LogP contribution in [0.4, 0.5) is 4.79 Å². The summed E-state index contributed by atoms with van der Waals surface area (Å²) < 4.78 is 15.1. The smallest absolute Gasteiger partial charge is 0.432 e. The highest BCUT2D eigenvalue weighted by atomic mass is 16.7. The first-order chi connectivity index (χ1) is 7.95. The lowest BCUT2D eigenvalue weighted by Gasteiger charge is -2.18. The third-order valence-corrected chi connectivity index (χ3v) is 1.69. The Labute approximate surface area is 104 Å². The zero-order chi connectivity index (χ0) is 13.1. The number of ether oxygens (including phenoxy) is 3. The molecule has 0 aromatic rings. The van der Waals surface area contributed by atoms with Crippen molar-refractivity contribution in [1.29, 1.82) is 0 Å². The lowest BCUT2D eigenvalue weighted by Crippen LogP contribution is -2.25. The summed E-state index contributed by atoms with van der Waals surface area (Å²) >= 11 is 0. The van der Waals surface area contributed by atoms with E-state index in [2.05, 4.69) is 12.2 Å². The second-order valence-corrected chi connectivity index (χ2v) is 4.68. The van der Waals surface area contributed by atoms with Crippen LogP contribution in [0.25, 0.3) is 0 Å². The minimum absolute atomic E-state index is 0.225. The summed E-state index contributed by atoms with van der Waals surface area (Å²) in [6.45, 7) is 10.6. The molecule has 1 N–H and O–H groups in total. The van der Waals surface area contributed by atoms with E-state index < -0.39 is 11.8 Å². The van der Waals surface area contributed by atoms with Gasteiger partial charge in [-0.15, -0.1) is 0 Å². The van der Waals surface area contributed by atoms with Gasteiger partial charge >= 0.3 is 6.16 Å². The van der Waals surface area contributed by atoms with Gasteiger partial charge in [0.25, 0.3) is 0 Å². The molecule has 0 spiro atoms. The largest absolute Gasteiger partial charge is 0.508 e. The van der Waals surface area contributed by atoms with Crippen molar-refractivity contribution in [1.82, 2.24) is 5.32 Å². The Morgan fingerprint density at radius 3 is 2.41 bits per heavy atom. The molecule has 0 aromatic carbocycles. The maximum absolute atomic E-state index is 11.1. The number of carbonyl (C=O) groups is 1. The number of carbonyl (C=O) groups excluding carboxylic acids is 1. The number of rotatable bonds is 8. The molecule has 0 unspecified atom stereocenters. The molecule has 0 aliphatic rings. The van der Waals surface area contributed by atoms with E-state index in [9.17, 15) is 4.79 Å². The fourth-order valence-corrected chi connectivity index (χ4v) is 1.01. The van der Waals surface area contributed by atoms with Crippen molar-refractivity contribution in [3.8, 4) is 0 Å². The minimum Gasteiger partial charge on any atom is -0.432 e. The summed E-state index contributed by atoms with van der Waals surface area (Å²) in [6, 6.07) is 0. The molecule has 0 atom stereocenters. The predicted octanol–water partition coefficient (Wildman–Crippen LogP) is 1.95. The third kappa shape index (κ3) is 13.1. The zero-order valence-corrected chi connectivity index (χ0v) is 11.4. The molecule has 5 heteroatoms. The van der Waals surface area contributed by atoms with Gasteiger partial charge in [-0.25, -0.2) is 4.79 Å². The molecule has 0 saturated carbocycles. The third-order valence-electron chi connectivity index (χ3n) is 1.69. The first-order valence-electron chi connectivity index (χ1n) is 6.10. The van der Waals surface area contributed by atoms with Crippen LogP contribution in [0, 0.1) is 0 Å². The Bertz CT molecular complexity index is 201. The summed E-state index contributed by atoms with van der Waals surface area (Å²) in [4.78, 5) is 11.1. The van der Waals surface area contributed by atoms with Gasteiger partial charge < -0.3 is 19.5 Å². The van der Waals surface area contributed by atoms with Gasteiger partial charge in [0.2, 0.25) is 0 Å². The van der Waals surface area contributed by atoms with E-state index in [1.165, 1.54) is 0 Å². The van der Waals surface area contributed by atoms with Crippen LogP contribution in [0.5, 0.6) is 0 Å². The molecule has 0 radical (unpaired) electrons. The molecule has 0 aliphatic carbocycles. The van der Waals surface area contributed by atoms with E-state index in [4.69, 9.17) is 14.2 Å². The molecule has 0 bridgehead atoms. The Morgan fingerprint density at radius 1 is 1.12 bits per heavy atom. The molecule has 5 nitrogen and oxygen atoms in total. The maximum atomic E-state index is 11.1. The van der Waals surface area contributed by atoms with Crippen molar-refractivity contribution >= 4 is 6.16 Å². The van der Waals surface area contributed by atoms with Crippen molar-refractivity contribution in [2.24, 2.45) is 0 Å². The Balaban J connectivity index is 3.25. The van der Waals surface area contributed by atoms with Crippen molar-refractivity contribution < 1.29 is 19.0 Å². The highest BCUT2D eigenvalue weighted by molar-refractivity contribution is 5.60. The molecular formula is C12H25NO4. The summed E-state index contributed by atoms with van der Waals surface area (Å²) in [7, 11) is 0. The first kappa shape index (κ1) is 16.2. The standard InChI is InChI=1S/C12H25NO4/c1-5-6-13-7-8-15-9-10-16-11(14)17-12(2,3)4/h13H,5-10H2,1-4H3. The summed E-state index contributed by atoms with van der Waals surface area (Å²) in [5.41, 5.74) is -0.512. The average molecular weight is 247 g/mol. The van der Waals surface area contributed by atoms with Crippen molar-refractivity contribution in [3.05, 3.63) is 0 Å². The summed E-state index contributed by atoms with van der Waals surface area (Å²) in [6.07, 6.45) is 0.465. The molecule has 0 fully saturated rings. The van der Waals surface area contributed by atoms with E-state index in [1.54, 1.807) is 20.8 Å². The van der Waals surface area contributed by atoms with Crippen molar-refractivity contribution in [3.63, 3.8) is 0 Å². The highest BCUT2D eigenvalue weighted by Crippen LogP contribution is 2.07. The zero-order valence-electron chi connectivity index (χ0n) is 11.4. The van der Waals surface area contributed by atoms with Gasteiger partial charge in [-0.2, -0.15) is 0 Å². The second-order valence-electron chi connectivity index (χ2n) is 4.68.